The number of amides is 2. The molecule has 18 heavy (non-hydrogen) atoms. The smallest absolute Gasteiger partial charge is 0.328 e. The average molecular weight is 258 g/mol. The molecule has 0 aliphatic carbocycles. The summed E-state index contributed by atoms with van der Waals surface area (Å²) in [5, 5.41) is 5.04. The molecule has 0 bridgehead atoms. The van der Waals surface area contributed by atoms with E-state index in [1.54, 1.807) is 27.7 Å². The van der Waals surface area contributed by atoms with Crippen LogP contribution in [0.15, 0.2) is 0 Å². The van der Waals surface area contributed by atoms with Crippen molar-refractivity contribution >= 4 is 17.8 Å². The Bertz CT molecular complexity index is 333. The van der Waals surface area contributed by atoms with Crippen LogP contribution in [0.1, 0.15) is 34.6 Å². The minimum Gasteiger partial charge on any atom is -0.467 e. The van der Waals surface area contributed by atoms with Gasteiger partial charge < -0.3 is 15.4 Å². The number of hydrogen-bond donors (Lipinski definition) is 2. The fourth-order valence-corrected chi connectivity index (χ4v) is 1.05. The molecule has 0 radical (unpaired) electrons. The van der Waals surface area contributed by atoms with Gasteiger partial charge in [-0.05, 0) is 13.8 Å². The van der Waals surface area contributed by atoms with Crippen LogP contribution in [0.2, 0.25) is 0 Å². The number of nitrogens with one attached hydrogen (secondary N) is 2. The molecule has 0 aromatic rings. The van der Waals surface area contributed by atoms with Crippen molar-refractivity contribution in [2.45, 2.75) is 46.7 Å². The van der Waals surface area contributed by atoms with E-state index in [1.807, 2.05) is 0 Å². The number of ether oxygens (including phenoxy) is 1. The van der Waals surface area contributed by atoms with Crippen molar-refractivity contribution in [3.63, 3.8) is 0 Å². The van der Waals surface area contributed by atoms with Gasteiger partial charge in [0.25, 0.3) is 0 Å². The summed E-state index contributed by atoms with van der Waals surface area (Å²) in [4.78, 5) is 34.5. The summed E-state index contributed by atoms with van der Waals surface area (Å²) < 4.78 is 4.49. The molecule has 0 aromatic heterocycles. The molecular formula is C12H22N2O4. The highest BCUT2D eigenvalue weighted by atomic mass is 16.5. The Morgan fingerprint density at radius 2 is 1.50 bits per heavy atom. The quantitative estimate of drug-likeness (QED) is 0.706. The maximum Gasteiger partial charge on any atom is 0.328 e. The van der Waals surface area contributed by atoms with Crippen LogP contribution in [-0.2, 0) is 19.1 Å². The van der Waals surface area contributed by atoms with Gasteiger partial charge in [0.15, 0.2) is 0 Å². The van der Waals surface area contributed by atoms with Crippen LogP contribution in [-0.4, -0.2) is 37.0 Å². The molecular weight excluding hydrogens is 236 g/mol. The lowest BCUT2D eigenvalue weighted by atomic mass is 9.95. The monoisotopic (exact) mass is 258 g/mol. The van der Waals surface area contributed by atoms with E-state index in [0.717, 1.165) is 0 Å². The maximum atomic E-state index is 11.7. The molecule has 0 spiro atoms. The largest absolute Gasteiger partial charge is 0.467 e. The Morgan fingerprint density at radius 3 is 1.89 bits per heavy atom. The summed E-state index contributed by atoms with van der Waals surface area (Å²) in [5.74, 6) is -1.18. The van der Waals surface area contributed by atoms with Gasteiger partial charge in [0.2, 0.25) is 11.8 Å². The fraction of sp³-hybridized carbons (Fsp3) is 0.750. The van der Waals surface area contributed by atoms with E-state index in [4.69, 9.17) is 0 Å². The molecule has 0 aliphatic rings. The standard InChI is InChI=1S/C12H22N2O4/c1-7(14-11(17)12(3,4)5)9(15)13-8(2)10(16)18-6/h7-8H,1-6H3,(H,13,15)(H,14,17)/t7?,8-/m0/s1. The molecule has 0 saturated carbocycles. The lowest BCUT2D eigenvalue weighted by Gasteiger charge is -2.22. The van der Waals surface area contributed by atoms with E-state index < -0.39 is 29.4 Å². The first kappa shape index (κ1) is 16.4. The molecule has 2 amide bonds. The van der Waals surface area contributed by atoms with Gasteiger partial charge in [0.1, 0.15) is 12.1 Å². The molecule has 0 fully saturated rings. The average Bonchev–Trinajstić information content (AvgIpc) is 2.26. The highest BCUT2D eigenvalue weighted by Crippen LogP contribution is 2.12. The number of rotatable bonds is 4. The second-order valence-corrected chi connectivity index (χ2v) is 5.20. The Morgan fingerprint density at radius 1 is 1.00 bits per heavy atom. The second kappa shape index (κ2) is 6.37. The topological polar surface area (TPSA) is 84.5 Å². The minimum atomic E-state index is -0.739. The van der Waals surface area contributed by atoms with E-state index in [0.29, 0.717) is 0 Å². The fourth-order valence-electron chi connectivity index (χ4n) is 1.05. The van der Waals surface area contributed by atoms with E-state index >= 15 is 0 Å². The number of carbonyl (C=O) groups excluding carboxylic acids is 3. The predicted molar refractivity (Wildman–Crippen MR) is 66.7 cm³/mol. The van der Waals surface area contributed by atoms with Crippen molar-refractivity contribution < 1.29 is 19.1 Å². The molecule has 6 nitrogen and oxygen atoms in total. The van der Waals surface area contributed by atoms with Crippen molar-refractivity contribution in [1.29, 1.82) is 0 Å². The highest BCUT2D eigenvalue weighted by molar-refractivity contribution is 5.91. The highest BCUT2D eigenvalue weighted by Gasteiger charge is 2.26. The van der Waals surface area contributed by atoms with Crippen LogP contribution < -0.4 is 10.6 Å². The minimum absolute atomic E-state index is 0.226. The summed E-state index contributed by atoms with van der Waals surface area (Å²) in [6.45, 7) is 8.34. The zero-order valence-corrected chi connectivity index (χ0v) is 11.8. The molecule has 0 rings (SSSR count). The Hall–Kier alpha value is -1.59. The van der Waals surface area contributed by atoms with Crippen LogP contribution in [0.25, 0.3) is 0 Å². The summed E-state index contributed by atoms with van der Waals surface area (Å²) in [6.07, 6.45) is 0. The first-order valence-electron chi connectivity index (χ1n) is 5.78. The molecule has 104 valence electrons. The first-order valence-corrected chi connectivity index (χ1v) is 5.78. The van der Waals surface area contributed by atoms with Gasteiger partial charge in [-0.15, -0.1) is 0 Å². The third-order valence-electron chi connectivity index (χ3n) is 2.34. The molecule has 0 saturated heterocycles. The first-order chi connectivity index (χ1) is 8.09. The molecule has 0 aliphatic heterocycles. The summed E-state index contributed by atoms with van der Waals surface area (Å²) in [5.41, 5.74) is -0.567. The van der Waals surface area contributed by atoms with E-state index in [-0.39, 0.29) is 5.91 Å². The van der Waals surface area contributed by atoms with Gasteiger partial charge in [0, 0.05) is 5.41 Å². The van der Waals surface area contributed by atoms with Crippen molar-refractivity contribution in [2.24, 2.45) is 5.41 Å². The Balaban J connectivity index is 4.36. The zero-order valence-electron chi connectivity index (χ0n) is 11.8. The van der Waals surface area contributed by atoms with Gasteiger partial charge >= 0.3 is 5.97 Å². The van der Waals surface area contributed by atoms with Gasteiger partial charge in [-0.25, -0.2) is 4.79 Å². The van der Waals surface area contributed by atoms with Gasteiger partial charge in [0.05, 0.1) is 7.11 Å². The van der Waals surface area contributed by atoms with Crippen LogP contribution in [0.5, 0.6) is 0 Å². The van der Waals surface area contributed by atoms with Crippen molar-refractivity contribution in [1.82, 2.24) is 10.6 Å². The van der Waals surface area contributed by atoms with Crippen LogP contribution in [0.3, 0.4) is 0 Å². The molecule has 2 atom stereocenters. The summed E-state index contributed by atoms with van der Waals surface area (Å²) in [6, 6.07) is -1.44. The van der Waals surface area contributed by atoms with Crippen LogP contribution in [0, 0.1) is 5.41 Å². The number of methoxy groups -OCH3 is 1. The SMILES string of the molecule is COC(=O)[C@H](C)NC(=O)C(C)NC(=O)C(C)(C)C. The van der Waals surface area contributed by atoms with E-state index in [1.165, 1.54) is 14.0 Å². The van der Waals surface area contributed by atoms with Crippen molar-refractivity contribution in [2.75, 3.05) is 7.11 Å². The molecule has 0 aromatic carbocycles. The Kier molecular flexibility index (Phi) is 5.81. The third kappa shape index (κ3) is 5.16. The van der Waals surface area contributed by atoms with E-state index in [2.05, 4.69) is 15.4 Å². The lowest BCUT2D eigenvalue weighted by Crippen LogP contribution is -2.51. The third-order valence-corrected chi connectivity index (χ3v) is 2.34. The predicted octanol–water partition coefficient (Wildman–Crippen LogP) is 0.215. The van der Waals surface area contributed by atoms with Gasteiger partial charge in [-0.1, -0.05) is 20.8 Å². The number of esters is 1. The normalized spacial score (nSPS) is 14.3. The van der Waals surface area contributed by atoms with Crippen LogP contribution in [0.4, 0.5) is 0 Å². The zero-order chi connectivity index (χ0) is 14.5. The van der Waals surface area contributed by atoms with Gasteiger partial charge in [-0.2, -0.15) is 0 Å². The number of hydrogen-bond acceptors (Lipinski definition) is 4. The summed E-state index contributed by atoms with van der Waals surface area (Å²) in [7, 11) is 1.25. The summed E-state index contributed by atoms with van der Waals surface area (Å²) >= 11 is 0. The Labute approximate surface area is 107 Å². The van der Waals surface area contributed by atoms with E-state index in [9.17, 15) is 14.4 Å². The molecule has 2 N–H and O–H groups in total. The second-order valence-electron chi connectivity index (χ2n) is 5.20. The maximum absolute atomic E-state index is 11.7. The lowest BCUT2D eigenvalue weighted by molar-refractivity contribution is -0.144. The van der Waals surface area contributed by atoms with Gasteiger partial charge in [-0.3, -0.25) is 9.59 Å². The molecule has 6 heteroatoms. The molecule has 0 heterocycles. The van der Waals surface area contributed by atoms with Crippen LogP contribution >= 0.6 is 0 Å². The van der Waals surface area contributed by atoms with Crippen molar-refractivity contribution in [3.05, 3.63) is 0 Å². The van der Waals surface area contributed by atoms with Crippen molar-refractivity contribution in [3.8, 4) is 0 Å². The molecule has 1 unspecified atom stereocenters. The number of carbonyl (C=O) groups is 3.